The molecule has 4 rings (SSSR count). The lowest BCUT2D eigenvalue weighted by molar-refractivity contribution is 0.785. The van der Waals surface area contributed by atoms with Crippen LogP contribution in [0, 0.1) is 6.92 Å². The SMILES string of the molecule is Cc1ccc(-c2nnc3c4cnn(C)c4ncn23)cc1. The second-order valence-electron chi connectivity index (χ2n) is 4.83. The molecule has 0 bridgehead atoms. The smallest absolute Gasteiger partial charge is 0.175 e. The van der Waals surface area contributed by atoms with Crippen LogP contribution in [0.4, 0.5) is 0 Å². The summed E-state index contributed by atoms with van der Waals surface area (Å²) >= 11 is 0. The van der Waals surface area contributed by atoms with Gasteiger partial charge in [-0.25, -0.2) is 4.98 Å². The molecule has 4 aromatic rings. The Kier molecular flexibility index (Phi) is 2.14. The van der Waals surface area contributed by atoms with Gasteiger partial charge >= 0.3 is 0 Å². The van der Waals surface area contributed by atoms with Crippen molar-refractivity contribution in [2.75, 3.05) is 0 Å². The van der Waals surface area contributed by atoms with Crippen molar-refractivity contribution >= 4 is 16.7 Å². The van der Waals surface area contributed by atoms with Gasteiger partial charge < -0.3 is 0 Å². The summed E-state index contributed by atoms with van der Waals surface area (Å²) in [4.78, 5) is 4.43. The van der Waals surface area contributed by atoms with Crippen LogP contribution in [0.5, 0.6) is 0 Å². The minimum absolute atomic E-state index is 0.777. The van der Waals surface area contributed by atoms with Gasteiger partial charge in [0, 0.05) is 12.6 Å². The molecule has 0 atom stereocenters. The summed E-state index contributed by atoms with van der Waals surface area (Å²) in [5, 5.41) is 13.7. The standard InChI is InChI=1S/C14H12N6/c1-9-3-5-10(6-4-9)12-17-18-14-11-7-16-19(2)13(11)15-8-20(12)14/h3-8H,1-2H3. The maximum Gasteiger partial charge on any atom is 0.175 e. The molecule has 0 saturated heterocycles. The van der Waals surface area contributed by atoms with Crippen LogP contribution in [-0.2, 0) is 7.05 Å². The largest absolute Gasteiger partial charge is 0.265 e. The second kappa shape index (κ2) is 3.86. The fourth-order valence-corrected chi connectivity index (χ4v) is 2.34. The van der Waals surface area contributed by atoms with Gasteiger partial charge in [-0.15, -0.1) is 10.2 Å². The average Bonchev–Trinajstić information content (AvgIpc) is 3.04. The Balaban J connectivity index is 2.02. The van der Waals surface area contributed by atoms with E-state index >= 15 is 0 Å². The van der Waals surface area contributed by atoms with E-state index in [0.29, 0.717) is 0 Å². The molecule has 6 heteroatoms. The first-order chi connectivity index (χ1) is 9.74. The van der Waals surface area contributed by atoms with Crippen LogP contribution in [-0.4, -0.2) is 29.4 Å². The molecule has 1 aromatic carbocycles. The van der Waals surface area contributed by atoms with Crippen molar-refractivity contribution in [3.8, 4) is 11.4 Å². The highest BCUT2D eigenvalue weighted by atomic mass is 15.3. The van der Waals surface area contributed by atoms with Crippen molar-refractivity contribution in [3.05, 3.63) is 42.4 Å². The van der Waals surface area contributed by atoms with Crippen molar-refractivity contribution < 1.29 is 0 Å². The summed E-state index contributed by atoms with van der Waals surface area (Å²) in [6.45, 7) is 2.06. The van der Waals surface area contributed by atoms with Crippen LogP contribution in [0.2, 0.25) is 0 Å². The zero-order chi connectivity index (χ0) is 13.7. The van der Waals surface area contributed by atoms with Crippen LogP contribution < -0.4 is 0 Å². The van der Waals surface area contributed by atoms with E-state index in [2.05, 4.69) is 39.3 Å². The van der Waals surface area contributed by atoms with Gasteiger partial charge in [-0.05, 0) is 6.92 Å². The molecule has 0 aliphatic heterocycles. The highest BCUT2D eigenvalue weighted by Gasteiger charge is 2.13. The molecule has 3 aromatic heterocycles. The first kappa shape index (κ1) is 11.1. The van der Waals surface area contributed by atoms with Crippen molar-refractivity contribution in [3.63, 3.8) is 0 Å². The number of nitrogens with zero attached hydrogens (tertiary/aromatic N) is 6. The van der Waals surface area contributed by atoms with E-state index < -0.39 is 0 Å². The van der Waals surface area contributed by atoms with Gasteiger partial charge in [-0.1, -0.05) is 29.8 Å². The van der Waals surface area contributed by atoms with Crippen LogP contribution in [0.3, 0.4) is 0 Å². The summed E-state index contributed by atoms with van der Waals surface area (Å²) in [7, 11) is 1.86. The number of aryl methyl sites for hydroxylation is 2. The molecular formula is C14H12N6. The predicted molar refractivity (Wildman–Crippen MR) is 75.2 cm³/mol. The average molecular weight is 264 g/mol. The second-order valence-corrected chi connectivity index (χ2v) is 4.83. The molecule has 0 fully saturated rings. The Hall–Kier alpha value is -2.76. The molecule has 98 valence electrons. The van der Waals surface area contributed by atoms with Crippen LogP contribution in [0.25, 0.3) is 28.1 Å². The topological polar surface area (TPSA) is 60.9 Å². The fourth-order valence-electron chi connectivity index (χ4n) is 2.34. The Morgan fingerprint density at radius 2 is 1.80 bits per heavy atom. The lowest BCUT2D eigenvalue weighted by Gasteiger charge is -2.01. The number of aromatic nitrogens is 6. The third kappa shape index (κ3) is 1.45. The molecule has 20 heavy (non-hydrogen) atoms. The first-order valence-corrected chi connectivity index (χ1v) is 6.32. The molecule has 0 unspecified atom stereocenters. The van der Waals surface area contributed by atoms with Crippen molar-refractivity contribution in [1.82, 2.24) is 29.4 Å². The van der Waals surface area contributed by atoms with E-state index in [1.54, 1.807) is 17.2 Å². The van der Waals surface area contributed by atoms with E-state index in [0.717, 1.165) is 28.1 Å². The number of benzene rings is 1. The fraction of sp³-hybridized carbons (Fsp3) is 0.143. The lowest BCUT2D eigenvalue weighted by Crippen LogP contribution is -1.95. The number of rotatable bonds is 1. The molecule has 6 nitrogen and oxygen atoms in total. The number of fused-ring (bicyclic) bond motifs is 3. The third-order valence-electron chi connectivity index (χ3n) is 3.45. The molecular weight excluding hydrogens is 252 g/mol. The van der Waals surface area contributed by atoms with Gasteiger partial charge in [0.2, 0.25) is 0 Å². The van der Waals surface area contributed by atoms with E-state index in [-0.39, 0.29) is 0 Å². The quantitative estimate of drug-likeness (QED) is 0.527. The third-order valence-corrected chi connectivity index (χ3v) is 3.45. The zero-order valence-electron chi connectivity index (χ0n) is 11.1. The van der Waals surface area contributed by atoms with E-state index in [1.165, 1.54) is 5.56 Å². The summed E-state index contributed by atoms with van der Waals surface area (Å²) in [5.74, 6) is 0.790. The molecule has 3 heterocycles. The first-order valence-electron chi connectivity index (χ1n) is 6.32. The zero-order valence-corrected chi connectivity index (χ0v) is 11.1. The summed E-state index contributed by atoms with van der Waals surface area (Å²) < 4.78 is 3.63. The maximum absolute atomic E-state index is 4.43. The number of hydrogen-bond donors (Lipinski definition) is 0. The van der Waals surface area contributed by atoms with E-state index in [9.17, 15) is 0 Å². The summed E-state index contributed by atoms with van der Waals surface area (Å²) in [6, 6.07) is 8.21. The van der Waals surface area contributed by atoms with Gasteiger partial charge in [0.05, 0.1) is 11.6 Å². The molecule has 0 spiro atoms. The van der Waals surface area contributed by atoms with Gasteiger partial charge in [-0.3, -0.25) is 9.08 Å². The number of hydrogen-bond acceptors (Lipinski definition) is 4. The molecule has 0 aliphatic carbocycles. The van der Waals surface area contributed by atoms with Gasteiger partial charge in [0.25, 0.3) is 0 Å². The molecule has 0 radical (unpaired) electrons. The highest BCUT2D eigenvalue weighted by Crippen LogP contribution is 2.22. The molecule has 0 amide bonds. The van der Waals surface area contributed by atoms with Gasteiger partial charge in [-0.2, -0.15) is 5.10 Å². The minimum Gasteiger partial charge on any atom is -0.265 e. The Labute approximate surface area is 114 Å². The van der Waals surface area contributed by atoms with Crippen LogP contribution in [0.1, 0.15) is 5.56 Å². The van der Waals surface area contributed by atoms with Crippen molar-refractivity contribution in [1.29, 1.82) is 0 Å². The van der Waals surface area contributed by atoms with Gasteiger partial charge in [0.15, 0.2) is 17.1 Å². The highest BCUT2D eigenvalue weighted by molar-refractivity contribution is 5.89. The molecule has 0 aliphatic rings. The summed E-state index contributed by atoms with van der Waals surface area (Å²) in [5.41, 5.74) is 3.82. The Morgan fingerprint density at radius 3 is 2.60 bits per heavy atom. The van der Waals surface area contributed by atoms with Crippen molar-refractivity contribution in [2.24, 2.45) is 7.05 Å². The normalized spacial score (nSPS) is 11.5. The van der Waals surface area contributed by atoms with Crippen molar-refractivity contribution in [2.45, 2.75) is 6.92 Å². The van der Waals surface area contributed by atoms with E-state index in [1.807, 2.05) is 23.6 Å². The molecule has 0 saturated carbocycles. The molecule has 0 N–H and O–H groups in total. The van der Waals surface area contributed by atoms with Crippen LogP contribution >= 0.6 is 0 Å². The van der Waals surface area contributed by atoms with Gasteiger partial charge in [0.1, 0.15) is 6.33 Å². The minimum atomic E-state index is 0.777. The Bertz CT molecular complexity index is 916. The monoisotopic (exact) mass is 264 g/mol. The lowest BCUT2D eigenvalue weighted by atomic mass is 10.1. The maximum atomic E-state index is 4.43. The van der Waals surface area contributed by atoms with E-state index in [4.69, 9.17) is 0 Å². The Morgan fingerprint density at radius 1 is 1.00 bits per heavy atom. The van der Waals surface area contributed by atoms with Crippen LogP contribution in [0.15, 0.2) is 36.8 Å². The predicted octanol–water partition coefficient (Wildman–Crippen LogP) is 1.99. The summed E-state index contributed by atoms with van der Waals surface area (Å²) in [6.07, 6.45) is 3.51.